The van der Waals surface area contributed by atoms with E-state index in [1.807, 2.05) is 6.07 Å². The van der Waals surface area contributed by atoms with E-state index in [-0.39, 0.29) is 0 Å². The summed E-state index contributed by atoms with van der Waals surface area (Å²) in [5.74, 6) is 0.886. The Labute approximate surface area is 114 Å². The van der Waals surface area contributed by atoms with Gasteiger partial charge in [0.05, 0.1) is 17.3 Å². The summed E-state index contributed by atoms with van der Waals surface area (Å²) in [7, 11) is 3.34. The third-order valence-corrected chi connectivity index (χ3v) is 2.55. The minimum Gasteiger partial charge on any atom is -0.370 e. The number of nitriles is 1. The van der Waals surface area contributed by atoms with E-state index >= 15 is 0 Å². The van der Waals surface area contributed by atoms with Gasteiger partial charge < -0.3 is 5.32 Å². The molecule has 0 saturated heterocycles. The van der Waals surface area contributed by atoms with Crippen LogP contribution in [0.15, 0.2) is 23.2 Å². The van der Waals surface area contributed by atoms with E-state index in [2.05, 4.69) is 25.7 Å². The van der Waals surface area contributed by atoms with Crippen LogP contribution in [0.3, 0.4) is 0 Å². The first-order valence-corrected chi connectivity index (χ1v) is 5.71. The van der Waals surface area contributed by atoms with Crippen LogP contribution in [0.1, 0.15) is 11.4 Å². The Balaban J connectivity index is 2.44. The number of aliphatic imine (C=N–C) groups is 1. The SMILES string of the molecule is CN=C(NC)c1nnn(-c2cc(Cl)cc(C#N)c2)n1. The third kappa shape index (κ3) is 2.69. The maximum atomic E-state index is 8.90. The molecule has 0 aliphatic rings. The molecular weight excluding hydrogens is 266 g/mol. The van der Waals surface area contributed by atoms with Crippen molar-refractivity contribution in [2.24, 2.45) is 4.99 Å². The van der Waals surface area contributed by atoms with Crippen LogP contribution in [-0.2, 0) is 0 Å². The average Bonchev–Trinajstić information content (AvgIpc) is 2.89. The fraction of sp³-hybridized carbons (Fsp3) is 0.182. The van der Waals surface area contributed by atoms with Gasteiger partial charge in [-0.05, 0) is 23.4 Å². The Morgan fingerprint density at radius 3 is 2.89 bits per heavy atom. The Kier molecular flexibility index (Phi) is 3.73. The first kappa shape index (κ1) is 13.0. The standard InChI is InChI=1S/C11H10ClN7/c1-14-10(15-2)11-16-18-19(17-11)9-4-7(6-13)3-8(12)5-9/h3-5H,1-2H3,(H,14,15). The zero-order chi connectivity index (χ0) is 13.8. The minimum atomic E-state index is 0.364. The van der Waals surface area contributed by atoms with Crippen molar-refractivity contribution in [3.8, 4) is 11.8 Å². The Bertz CT molecular complexity index is 668. The smallest absolute Gasteiger partial charge is 0.239 e. The van der Waals surface area contributed by atoms with Gasteiger partial charge in [0, 0.05) is 19.1 Å². The van der Waals surface area contributed by atoms with Crippen molar-refractivity contribution < 1.29 is 0 Å². The maximum absolute atomic E-state index is 8.90. The molecular formula is C11H10ClN7. The van der Waals surface area contributed by atoms with Gasteiger partial charge in [-0.2, -0.15) is 5.26 Å². The van der Waals surface area contributed by atoms with Crippen LogP contribution in [0, 0.1) is 11.3 Å². The molecule has 96 valence electrons. The predicted octanol–water partition coefficient (Wildman–Crippen LogP) is 0.783. The van der Waals surface area contributed by atoms with E-state index in [1.165, 1.54) is 4.80 Å². The minimum absolute atomic E-state index is 0.364. The van der Waals surface area contributed by atoms with Crippen molar-refractivity contribution in [2.45, 2.75) is 0 Å². The van der Waals surface area contributed by atoms with Gasteiger partial charge in [-0.15, -0.1) is 15.0 Å². The van der Waals surface area contributed by atoms with Crippen LogP contribution in [-0.4, -0.2) is 40.1 Å². The molecule has 0 fully saturated rings. The Hall–Kier alpha value is -2.46. The summed E-state index contributed by atoms with van der Waals surface area (Å²) >= 11 is 5.93. The van der Waals surface area contributed by atoms with Gasteiger partial charge in [0.15, 0.2) is 5.84 Å². The van der Waals surface area contributed by atoms with Gasteiger partial charge in [0.1, 0.15) is 0 Å². The van der Waals surface area contributed by atoms with Crippen LogP contribution >= 0.6 is 11.6 Å². The highest BCUT2D eigenvalue weighted by molar-refractivity contribution is 6.30. The van der Waals surface area contributed by atoms with E-state index in [0.717, 1.165) is 0 Å². The number of hydrogen-bond acceptors (Lipinski definition) is 5. The molecule has 1 N–H and O–H groups in total. The van der Waals surface area contributed by atoms with Gasteiger partial charge in [-0.3, -0.25) is 4.99 Å². The molecule has 0 bridgehead atoms. The number of tetrazole rings is 1. The first-order chi connectivity index (χ1) is 9.17. The highest BCUT2D eigenvalue weighted by Gasteiger charge is 2.10. The topological polar surface area (TPSA) is 91.8 Å². The molecule has 0 saturated carbocycles. The van der Waals surface area contributed by atoms with Crippen molar-refractivity contribution in [3.63, 3.8) is 0 Å². The lowest BCUT2D eigenvalue weighted by molar-refractivity contribution is 0.719. The zero-order valence-corrected chi connectivity index (χ0v) is 11.0. The molecule has 19 heavy (non-hydrogen) atoms. The zero-order valence-electron chi connectivity index (χ0n) is 10.3. The van der Waals surface area contributed by atoms with Gasteiger partial charge >= 0.3 is 0 Å². The number of halogens is 1. The summed E-state index contributed by atoms with van der Waals surface area (Å²) in [6.45, 7) is 0. The number of nitrogens with one attached hydrogen (secondary N) is 1. The second-order valence-electron chi connectivity index (χ2n) is 3.53. The lowest BCUT2D eigenvalue weighted by Crippen LogP contribution is -2.21. The van der Waals surface area contributed by atoms with Gasteiger partial charge in [-0.1, -0.05) is 11.6 Å². The molecule has 1 aromatic carbocycles. The number of amidine groups is 1. The predicted molar refractivity (Wildman–Crippen MR) is 70.4 cm³/mol. The molecule has 0 aliphatic heterocycles. The second-order valence-corrected chi connectivity index (χ2v) is 3.97. The number of hydrogen-bond donors (Lipinski definition) is 1. The molecule has 0 radical (unpaired) electrons. The number of rotatable bonds is 2. The molecule has 2 rings (SSSR count). The van der Waals surface area contributed by atoms with Crippen LogP contribution in [0.25, 0.3) is 5.69 Å². The van der Waals surface area contributed by atoms with Crippen molar-refractivity contribution in [1.82, 2.24) is 25.5 Å². The summed E-state index contributed by atoms with van der Waals surface area (Å²) in [5, 5.41) is 24.2. The van der Waals surface area contributed by atoms with E-state index in [9.17, 15) is 0 Å². The van der Waals surface area contributed by atoms with Crippen molar-refractivity contribution in [1.29, 1.82) is 5.26 Å². The summed E-state index contributed by atoms with van der Waals surface area (Å²) in [4.78, 5) is 5.28. The normalized spacial score (nSPS) is 11.2. The third-order valence-electron chi connectivity index (χ3n) is 2.33. The lowest BCUT2D eigenvalue weighted by atomic mass is 10.2. The molecule has 2 aromatic rings. The fourth-order valence-corrected chi connectivity index (χ4v) is 1.73. The van der Waals surface area contributed by atoms with Crippen molar-refractivity contribution in [3.05, 3.63) is 34.6 Å². The summed E-state index contributed by atoms with van der Waals surface area (Å²) in [6, 6.07) is 6.86. The monoisotopic (exact) mass is 275 g/mol. The lowest BCUT2D eigenvalue weighted by Gasteiger charge is -2.00. The molecule has 0 amide bonds. The van der Waals surface area contributed by atoms with Crippen molar-refractivity contribution in [2.75, 3.05) is 14.1 Å². The summed E-state index contributed by atoms with van der Waals surface area (Å²) < 4.78 is 0. The van der Waals surface area contributed by atoms with E-state index in [1.54, 1.807) is 32.3 Å². The van der Waals surface area contributed by atoms with E-state index in [4.69, 9.17) is 16.9 Å². The molecule has 1 heterocycles. The summed E-state index contributed by atoms with van der Waals surface area (Å²) in [5.41, 5.74) is 0.994. The van der Waals surface area contributed by atoms with Crippen LogP contribution < -0.4 is 5.32 Å². The molecule has 7 nitrogen and oxygen atoms in total. The molecule has 0 atom stereocenters. The van der Waals surface area contributed by atoms with Gasteiger partial charge in [-0.25, -0.2) is 0 Å². The van der Waals surface area contributed by atoms with Gasteiger partial charge in [0.25, 0.3) is 0 Å². The Morgan fingerprint density at radius 1 is 1.47 bits per heavy atom. The number of benzene rings is 1. The first-order valence-electron chi connectivity index (χ1n) is 5.34. The van der Waals surface area contributed by atoms with Crippen LogP contribution in [0.4, 0.5) is 0 Å². The average molecular weight is 276 g/mol. The Morgan fingerprint density at radius 2 is 2.26 bits per heavy atom. The number of aromatic nitrogens is 4. The molecule has 1 aromatic heterocycles. The van der Waals surface area contributed by atoms with E-state index < -0.39 is 0 Å². The maximum Gasteiger partial charge on any atom is 0.239 e. The molecule has 8 heteroatoms. The van der Waals surface area contributed by atoms with E-state index in [0.29, 0.717) is 27.9 Å². The summed E-state index contributed by atoms with van der Waals surface area (Å²) in [6.07, 6.45) is 0. The fourth-order valence-electron chi connectivity index (χ4n) is 1.50. The van der Waals surface area contributed by atoms with Gasteiger partial charge in [0.2, 0.25) is 5.82 Å². The van der Waals surface area contributed by atoms with Crippen LogP contribution in [0.5, 0.6) is 0 Å². The molecule has 0 aliphatic carbocycles. The van der Waals surface area contributed by atoms with Crippen molar-refractivity contribution >= 4 is 17.4 Å². The quantitative estimate of drug-likeness (QED) is 0.646. The number of nitrogens with zero attached hydrogens (tertiary/aromatic N) is 6. The second kappa shape index (κ2) is 5.46. The largest absolute Gasteiger partial charge is 0.370 e. The highest BCUT2D eigenvalue weighted by atomic mass is 35.5. The highest BCUT2D eigenvalue weighted by Crippen LogP contribution is 2.16. The molecule has 0 unspecified atom stereocenters. The molecule has 0 spiro atoms. The van der Waals surface area contributed by atoms with Crippen LogP contribution in [0.2, 0.25) is 5.02 Å².